The Labute approximate surface area is 105 Å². The molecule has 102 valence electrons. The van der Waals surface area contributed by atoms with Crippen LogP contribution in [0.2, 0.25) is 0 Å². The predicted molar refractivity (Wildman–Crippen MR) is 64.4 cm³/mol. The highest BCUT2D eigenvalue weighted by Crippen LogP contribution is 2.39. The highest BCUT2D eigenvalue weighted by atomic mass is 19.4. The maximum atomic E-state index is 12.6. The number of methoxy groups -OCH3 is 1. The Kier molecular flexibility index (Phi) is 3.96. The Morgan fingerprint density at radius 2 is 1.72 bits per heavy atom. The van der Waals surface area contributed by atoms with Crippen LogP contribution in [-0.4, -0.2) is 7.11 Å². The van der Waals surface area contributed by atoms with Gasteiger partial charge in [-0.15, -0.1) is 0 Å². The number of hydrogen-bond acceptors (Lipinski definition) is 2. The summed E-state index contributed by atoms with van der Waals surface area (Å²) in [5.41, 5.74) is 5.64. The lowest BCUT2D eigenvalue weighted by Gasteiger charge is -2.29. The fourth-order valence-electron chi connectivity index (χ4n) is 1.61. The summed E-state index contributed by atoms with van der Waals surface area (Å²) in [4.78, 5) is 0. The molecule has 0 fully saturated rings. The summed E-state index contributed by atoms with van der Waals surface area (Å²) in [6.45, 7) is 5.78. The van der Waals surface area contributed by atoms with Crippen LogP contribution in [0, 0.1) is 5.41 Å². The van der Waals surface area contributed by atoms with Crippen LogP contribution < -0.4 is 10.5 Å². The van der Waals surface area contributed by atoms with Gasteiger partial charge < -0.3 is 10.5 Å². The summed E-state index contributed by atoms with van der Waals surface area (Å²) < 4.78 is 42.8. The van der Waals surface area contributed by atoms with Gasteiger partial charge in [0.05, 0.1) is 12.7 Å². The van der Waals surface area contributed by atoms with E-state index in [1.807, 2.05) is 20.8 Å². The van der Waals surface area contributed by atoms with Gasteiger partial charge in [-0.3, -0.25) is 0 Å². The molecule has 0 saturated carbocycles. The van der Waals surface area contributed by atoms with Crippen LogP contribution in [0.15, 0.2) is 18.2 Å². The number of alkyl halides is 3. The molecule has 0 aliphatic heterocycles. The molecule has 2 nitrogen and oxygen atoms in total. The van der Waals surface area contributed by atoms with Gasteiger partial charge in [-0.05, 0) is 17.5 Å². The van der Waals surface area contributed by atoms with Crippen LogP contribution in [0.1, 0.15) is 37.9 Å². The molecule has 0 spiro atoms. The highest BCUT2D eigenvalue weighted by Gasteiger charge is 2.33. The van der Waals surface area contributed by atoms with Gasteiger partial charge in [-0.25, -0.2) is 0 Å². The number of hydrogen-bond donors (Lipinski definition) is 1. The smallest absolute Gasteiger partial charge is 0.416 e. The number of rotatable bonds is 2. The van der Waals surface area contributed by atoms with E-state index in [0.29, 0.717) is 5.56 Å². The summed E-state index contributed by atoms with van der Waals surface area (Å²) in [5, 5.41) is 0. The second-order valence-corrected chi connectivity index (χ2v) is 5.30. The van der Waals surface area contributed by atoms with Crippen molar-refractivity contribution in [3.63, 3.8) is 0 Å². The summed E-state index contributed by atoms with van der Waals surface area (Å²) in [5.74, 6) is 0.173. The van der Waals surface area contributed by atoms with Gasteiger partial charge in [0, 0.05) is 11.6 Å². The Morgan fingerprint density at radius 3 is 2.11 bits per heavy atom. The minimum absolute atomic E-state index is 0.173. The number of nitrogens with two attached hydrogens (primary N) is 1. The third-order valence-electron chi connectivity index (χ3n) is 2.83. The van der Waals surface area contributed by atoms with Crippen molar-refractivity contribution in [1.82, 2.24) is 0 Å². The minimum atomic E-state index is -4.38. The quantitative estimate of drug-likeness (QED) is 0.879. The third-order valence-corrected chi connectivity index (χ3v) is 2.83. The van der Waals surface area contributed by atoms with Gasteiger partial charge >= 0.3 is 6.18 Å². The van der Waals surface area contributed by atoms with Crippen LogP contribution in [0.4, 0.5) is 13.2 Å². The Bertz CT molecular complexity index is 421. The molecule has 0 radical (unpaired) electrons. The zero-order valence-corrected chi connectivity index (χ0v) is 10.9. The van der Waals surface area contributed by atoms with Crippen LogP contribution >= 0.6 is 0 Å². The SMILES string of the molecule is COc1cc(C(F)(F)F)ccc1[C@H](N)C(C)(C)C. The molecule has 0 aromatic heterocycles. The molecule has 0 aliphatic carbocycles. The molecule has 2 N–H and O–H groups in total. The van der Waals surface area contributed by atoms with E-state index in [4.69, 9.17) is 10.5 Å². The maximum Gasteiger partial charge on any atom is 0.416 e. The first-order valence-electron chi connectivity index (χ1n) is 5.58. The van der Waals surface area contributed by atoms with Crippen LogP contribution in [0.5, 0.6) is 5.75 Å². The van der Waals surface area contributed by atoms with Crippen molar-refractivity contribution in [2.45, 2.75) is 33.0 Å². The summed E-state index contributed by atoms with van der Waals surface area (Å²) >= 11 is 0. The standard InChI is InChI=1S/C13H18F3NO/c1-12(2,3)11(17)9-6-5-8(13(14,15)16)7-10(9)18-4/h5-7,11H,17H2,1-4H3/t11-/m0/s1. The number of ether oxygens (including phenoxy) is 1. The topological polar surface area (TPSA) is 35.2 Å². The highest BCUT2D eigenvalue weighted by molar-refractivity contribution is 5.41. The molecule has 18 heavy (non-hydrogen) atoms. The molecular weight excluding hydrogens is 243 g/mol. The molecular formula is C13H18F3NO. The second kappa shape index (κ2) is 4.80. The van der Waals surface area contributed by atoms with Crippen molar-refractivity contribution in [2.24, 2.45) is 11.1 Å². The molecule has 1 atom stereocenters. The van der Waals surface area contributed by atoms with E-state index in [2.05, 4.69) is 0 Å². The van der Waals surface area contributed by atoms with Crippen LogP contribution in [0.3, 0.4) is 0 Å². The molecule has 0 unspecified atom stereocenters. The van der Waals surface area contributed by atoms with E-state index in [1.165, 1.54) is 13.2 Å². The van der Waals surface area contributed by atoms with Crippen molar-refractivity contribution in [1.29, 1.82) is 0 Å². The molecule has 0 aliphatic rings. The van der Waals surface area contributed by atoms with Crippen LogP contribution in [-0.2, 0) is 6.18 Å². The predicted octanol–water partition coefficient (Wildman–Crippen LogP) is 3.76. The normalized spacial score (nSPS) is 14.4. The van der Waals surface area contributed by atoms with Crippen molar-refractivity contribution in [3.8, 4) is 5.75 Å². The van der Waals surface area contributed by atoms with Gasteiger partial charge in [-0.2, -0.15) is 13.2 Å². The molecule has 0 heterocycles. The minimum Gasteiger partial charge on any atom is -0.496 e. The van der Waals surface area contributed by atoms with Crippen molar-refractivity contribution in [2.75, 3.05) is 7.11 Å². The van der Waals surface area contributed by atoms with E-state index in [0.717, 1.165) is 12.1 Å². The molecule has 0 amide bonds. The second-order valence-electron chi connectivity index (χ2n) is 5.30. The Morgan fingerprint density at radius 1 is 1.17 bits per heavy atom. The zero-order chi connectivity index (χ0) is 14.1. The van der Waals surface area contributed by atoms with E-state index < -0.39 is 17.8 Å². The molecule has 1 rings (SSSR count). The maximum absolute atomic E-state index is 12.6. The average Bonchev–Trinajstić information content (AvgIpc) is 2.24. The Balaban J connectivity index is 3.24. The zero-order valence-electron chi connectivity index (χ0n) is 10.9. The van der Waals surface area contributed by atoms with E-state index >= 15 is 0 Å². The first-order chi connectivity index (χ1) is 8.07. The Hall–Kier alpha value is -1.23. The number of halogens is 3. The molecule has 1 aromatic carbocycles. The fourth-order valence-corrected chi connectivity index (χ4v) is 1.61. The summed E-state index contributed by atoms with van der Waals surface area (Å²) in [7, 11) is 1.34. The lowest BCUT2D eigenvalue weighted by molar-refractivity contribution is -0.137. The average molecular weight is 261 g/mol. The van der Waals surface area contributed by atoms with Gasteiger partial charge in [0.1, 0.15) is 5.75 Å². The number of benzene rings is 1. The largest absolute Gasteiger partial charge is 0.496 e. The monoisotopic (exact) mass is 261 g/mol. The fraction of sp³-hybridized carbons (Fsp3) is 0.538. The first kappa shape index (κ1) is 14.8. The molecule has 0 saturated heterocycles. The summed E-state index contributed by atoms with van der Waals surface area (Å²) in [6.07, 6.45) is -4.38. The van der Waals surface area contributed by atoms with Crippen molar-refractivity contribution >= 4 is 0 Å². The van der Waals surface area contributed by atoms with Crippen molar-refractivity contribution < 1.29 is 17.9 Å². The van der Waals surface area contributed by atoms with Crippen LogP contribution in [0.25, 0.3) is 0 Å². The van der Waals surface area contributed by atoms with E-state index in [-0.39, 0.29) is 11.2 Å². The van der Waals surface area contributed by atoms with Gasteiger partial charge in [-0.1, -0.05) is 26.8 Å². The third kappa shape index (κ3) is 3.16. The first-order valence-corrected chi connectivity index (χ1v) is 5.58. The van der Waals surface area contributed by atoms with Gasteiger partial charge in [0.25, 0.3) is 0 Å². The van der Waals surface area contributed by atoms with Gasteiger partial charge in [0.2, 0.25) is 0 Å². The van der Waals surface area contributed by atoms with E-state index in [9.17, 15) is 13.2 Å². The van der Waals surface area contributed by atoms with E-state index in [1.54, 1.807) is 0 Å². The molecule has 0 bridgehead atoms. The lowest BCUT2D eigenvalue weighted by atomic mass is 9.82. The van der Waals surface area contributed by atoms with Crippen molar-refractivity contribution in [3.05, 3.63) is 29.3 Å². The van der Waals surface area contributed by atoms with Gasteiger partial charge in [0.15, 0.2) is 0 Å². The molecule has 1 aromatic rings. The summed E-state index contributed by atoms with van der Waals surface area (Å²) in [6, 6.07) is 3.01. The molecule has 5 heteroatoms. The lowest BCUT2D eigenvalue weighted by Crippen LogP contribution is -2.26.